The molecule has 0 saturated carbocycles. The molecule has 86 valence electrons. The third-order valence-electron chi connectivity index (χ3n) is 2.23. The fraction of sp³-hybridized carbons (Fsp3) is 0.300. The molecule has 1 aromatic carbocycles. The van der Waals surface area contributed by atoms with Crippen molar-refractivity contribution in [3.8, 4) is 0 Å². The largest absolute Gasteiger partial charge is 0.419 e. The first-order valence-corrected chi connectivity index (χ1v) is 6.38. The van der Waals surface area contributed by atoms with E-state index in [9.17, 15) is 4.79 Å². The van der Waals surface area contributed by atoms with Crippen molar-refractivity contribution >= 4 is 50.2 Å². The number of halogens is 3. The summed E-state index contributed by atoms with van der Waals surface area (Å²) in [6.45, 7) is 0.535. The standard InChI is InChI=1S/C10H8BrCl2NO2/c11-6-4-9-8(5-7(6)13)14(3-1-2-12)10(15)16-9/h4-5H,1-3H2. The Bertz CT molecular complexity index is 576. The van der Waals surface area contributed by atoms with Gasteiger partial charge in [-0.15, -0.1) is 11.6 Å². The molecule has 0 aliphatic heterocycles. The molecule has 1 aromatic heterocycles. The van der Waals surface area contributed by atoms with Gasteiger partial charge in [0.15, 0.2) is 5.58 Å². The van der Waals surface area contributed by atoms with Crippen LogP contribution in [0.2, 0.25) is 5.02 Å². The average Bonchev–Trinajstić information content (AvgIpc) is 2.52. The van der Waals surface area contributed by atoms with Crippen molar-refractivity contribution in [2.24, 2.45) is 0 Å². The molecule has 0 fully saturated rings. The summed E-state index contributed by atoms with van der Waals surface area (Å²) in [6, 6.07) is 3.40. The summed E-state index contributed by atoms with van der Waals surface area (Å²) in [5.41, 5.74) is 1.22. The Hall–Kier alpha value is -0.450. The molecule has 0 amide bonds. The van der Waals surface area contributed by atoms with Gasteiger partial charge in [-0.2, -0.15) is 0 Å². The summed E-state index contributed by atoms with van der Waals surface area (Å²) in [6.07, 6.45) is 0.712. The number of hydrogen-bond donors (Lipinski definition) is 0. The summed E-state index contributed by atoms with van der Waals surface area (Å²) in [5.74, 6) is 0.123. The first-order valence-electron chi connectivity index (χ1n) is 4.68. The molecule has 0 spiro atoms. The Labute approximate surface area is 110 Å². The van der Waals surface area contributed by atoms with E-state index in [4.69, 9.17) is 27.6 Å². The Morgan fingerprint density at radius 2 is 2.19 bits per heavy atom. The molecule has 0 unspecified atom stereocenters. The molecule has 2 aromatic rings. The second-order valence-corrected chi connectivity index (χ2v) is 4.94. The lowest BCUT2D eigenvalue weighted by Crippen LogP contribution is -2.14. The molecule has 0 bridgehead atoms. The van der Waals surface area contributed by atoms with Crippen molar-refractivity contribution in [2.45, 2.75) is 13.0 Å². The molecule has 0 N–H and O–H groups in total. The Morgan fingerprint density at radius 3 is 2.88 bits per heavy atom. The maximum Gasteiger partial charge on any atom is 0.419 e. The zero-order chi connectivity index (χ0) is 11.7. The summed E-state index contributed by atoms with van der Waals surface area (Å²) in [4.78, 5) is 11.6. The highest BCUT2D eigenvalue weighted by Gasteiger charge is 2.11. The summed E-state index contributed by atoms with van der Waals surface area (Å²) >= 11 is 14.9. The van der Waals surface area contributed by atoms with Gasteiger partial charge < -0.3 is 4.42 Å². The molecule has 0 saturated heterocycles. The van der Waals surface area contributed by atoms with E-state index in [1.807, 2.05) is 0 Å². The Balaban J connectivity index is 2.60. The number of alkyl halides is 1. The van der Waals surface area contributed by atoms with E-state index in [-0.39, 0.29) is 5.76 Å². The smallest absolute Gasteiger partial charge is 0.408 e. The highest BCUT2D eigenvalue weighted by molar-refractivity contribution is 9.10. The van der Waals surface area contributed by atoms with Gasteiger partial charge in [-0.3, -0.25) is 4.57 Å². The first-order chi connectivity index (χ1) is 7.63. The number of nitrogens with zero attached hydrogens (tertiary/aromatic N) is 1. The number of benzene rings is 1. The van der Waals surface area contributed by atoms with Crippen molar-refractivity contribution in [1.29, 1.82) is 0 Å². The minimum absolute atomic E-state index is 0.380. The third-order valence-corrected chi connectivity index (χ3v) is 3.69. The van der Waals surface area contributed by atoms with Crippen molar-refractivity contribution in [1.82, 2.24) is 4.57 Å². The van der Waals surface area contributed by atoms with Crippen LogP contribution >= 0.6 is 39.1 Å². The summed E-state index contributed by atoms with van der Waals surface area (Å²) in [7, 11) is 0. The topological polar surface area (TPSA) is 35.1 Å². The number of hydrogen-bond acceptors (Lipinski definition) is 2. The maximum atomic E-state index is 11.6. The van der Waals surface area contributed by atoms with Gasteiger partial charge in [0.25, 0.3) is 0 Å². The van der Waals surface area contributed by atoms with Crippen LogP contribution in [0.3, 0.4) is 0 Å². The fourth-order valence-electron chi connectivity index (χ4n) is 1.49. The lowest BCUT2D eigenvalue weighted by molar-refractivity contribution is 0.503. The van der Waals surface area contributed by atoms with Gasteiger partial charge in [-0.25, -0.2) is 4.79 Å². The maximum absolute atomic E-state index is 11.6. The molecule has 0 aliphatic rings. The van der Waals surface area contributed by atoms with Crippen LogP contribution in [-0.4, -0.2) is 10.4 Å². The van der Waals surface area contributed by atoms with Crippen molar-refractivity contribution in [2.75, 3.05) is 5.88 Å². The minimum atomic E-state index is -0.380. The van der Waals surface area contributed by atoms with Crippen LogP contribution < -0.4 is 5.76 Å². The molecule has 0 radical (unpaired) electrons. The van der Waals surface area contributed by atoms with E-state index < -0.39 is 0 Å². The highest BCUT2D eigenvalue weighted by atomic mass is 79.9. The quantitative estimate of drug-likeness (QED) is 0.808. The van der Waals surface area contributed by atoms with E-state index in [0.29, 0.717) is 39.4 Å². The SMILES string of the molecule is O=c1oc2cc(Br)c(Cl)cc2n1CCCCl. The van der Waals surface area contributed by atoms with E-state index in [0.717, 1.165) is 0 Å². The van der Waals surface area contributed by atoms with Crippen molar-refractivity contribution in [3.05, 3.63) is 32.2 Å². The molecule has 2 rings (SSSR count). The predicted molar refractivity (Wildman–Crippen MR) is 68.5 cm³/mol. The lowest BCUT2D eigenvalue weighted by atomic mass is 10.3. The van der Waals surface area contributed by atoms with E-state index in [1.165, 1.54) is 4.57 Å². The van der Waals surface area contributed by atoms with Gasteiger partial charge in [-0.05, 0) is 34.5 Å². The molecule has 0 aliphatic carbocycles. The number of aromatic nitrogens is 1. The predicted octanol–water partition coefficient (Wildman–Crippen LogP) is 3.64. The molecular formula is C10H8BrCl2NO2. The second kappa shape index (κ2) is 4.82. The molecule has 1 heterocycles. The molecule has 0 atom stereocenters. The third kappa shape index (κ3) is 2.14. The van der Waals surface area contributed by atoms with Crippen molar-refractivity contribution in [3.63, 3.8) is 0 Å². The van der Waals surface area contributed by atoms with Gasteiger partial charge in [0.1, 0.15) is 0 Å². The van der Waals surface area contributed by atoms with Gasteiger partial charge in [0.2, 0.25) is 0 Å². The zero-order valence-electron chi connectivity index (χ0n) is 8.17. The van der Waals surface area contributed by atoms with E-state index >= 15 is 0 Å². The van der Waals surface area contributed by atoms with Gasteiger partial charge in [-0.1, -0.05) is 11.6 Å². The van der Waals surface area contributed by atoms with Gasteiger partial charge in [0, 0.05) is 16.9 Å². The monoisotopic (exact) mass is 323 g/mol. The molecular weight excluding hydrogens is 317 g/mol. The summed E-state index contributed by atoms with van der Waals surface area (Å²) < 4.78 is 7.35. The van der Waals surface area contributed by atoms with Crippen LogP contribution in [0.1, 0.15) is 6.42 Å². The van der Waals surface area contributed by atoms with Gasteiger partial charge in [0.05, 0.1) is 10.5 Å². The number of rotatable bonds is 3. The van der Waals surface area contributed by atoms with Crippen LogP contribution in [0, 0.1) is 0 Å². The van der Waals surface area contributed by atoms with Crippen LogP contribution in [0.25, 0.3) is 11.1 Å². The first kappa shape index (κ1) is 12.0. The minimum Gasteiger partial charge on any atom is -0.408 e. The zero-order valence-corrected chi connectivity index (χ0v) is 11.3. The van der Waals surface area contributed by atoms with Crippen molar-refractivity contribution < 1.29 is 4.42 Å². The normalized spacial score (nSPS) is 11.2. The molecule has 6 heteroatoms. The average molecular weight is 325 g/mol. The Morgan fingerprint density at radius 1 is 1.44 bits per heavy atom. The number of oxazole rings is 1. The second-order valence-electron chi connectivity index (χ2n) is 3.30. The molecule has 3 nitrogen and oxygen atoms in total. The fourth-order valence-corrected chi connectivity index (χ4v) is 2.09. The van der Waals surface area contributed by atoms with Crippen LogP contribution in [0.15, 0.2) is 25.8 Å². The van der Waals surface area contributed by atoms with Crippen LogP contribution in [0.4, 0.5) is 0 Å². The highest BCUT2D eigenvalue weighted by Crippen LogP contribution is 2.27. The number of aryl methyl sites for hydroxylation is 1. The summed E-state index contributed by atoms with van der Waals surface area (Å²) in [5, 5.41) is 0.549. The number of fused-ring (bicyclic) bond motifs is 1. The van der Waals surface area contributed by atoms with Gasteiger partial charge >= 0.3 is 5.76 Å². The Kier molecular flexibility index (Phi) is 3.62. The van der Waals surface area contributed by atoms with E-state index in [1.54, 1.807) is 12.1 Å². The van der Waals surface area contributed by atoms with Crippen LogP contribution in [0.5, 0.6) is 0 Å². The van der Waals surface area contributed by atoms with Crippen LogP contribution in [-0.2, 0) is 6.54 Å². The van der Waals surface area contributed by atoms with E-state index in [2.05, 4.69) is 15.9 Å². The lowest BCUT2D eigenvalue weighted by Gasteiger charge is -2.00. The molecule has 16 heavy (non-hydrogen) atoms.